The third-order valence-corrected chi connectivity index (χ3v) is 4.82. The van der Waals surface area contributed by atoms with E-state index >= 15 is 0 Å². The van der Waals surface area contributed by atoms with E-state index in [-0.39, 0.29) is 11.3 Å². The number of carbonyl (C=O) groups is 1. The normalized spacial score (nSPS) is 10.6. The Morgan fingerprint density at radius 2 is 1.85 bits per heavy atom. The van der Waals surface area contributed by atoms with Crippen LogP contribution in [0.1, 0.15) is 53.5 Å². The lowest BCUT2D eigenvalue weighted by Crippen LogP contribution is -2.33. The molecule has 0 amide bonds. The Kier molecular flexibility index (Phi) is 6.42. The predicted molar refractivity (Wildman–Crippen MR) is 113 cm³/mol. The molecule has 4 nitrogen and oxygen atoms in total. The standard InChI is InChI=1S/C23H30N2O2/c1-8-19-17(5)25(13-12-15(2)3)23(27)21(24(6)7)20(19)22(26)18-11-9-10-16(4)14-18/h9-12,14H,8,13H2,1-7H3. The van der Waals surface area contributed by atoms with Gasteiger partial charge in [-0.3, -0.25) is 9.59 Å². The molecule has 0 aliphatic carbocycles. The molecule has 144 valence electrons. The Bertz CT molecular complexity index is 946. The highest BCUT2D eigenvalue weighted by Gasteiger charge is 2.25. The molecule has 1 aromatic carbocycles. The molecule has 0 saturated heterocycles. The van der Waals surface area contributed by atoms with Gasteiger partial charge in [0.15, 0.2) is 5.78 Å². The number of pyridine rings is 1. The van der Waals surface area contributed by atoms with Gasteiger partial charge in [0.1, 0.15) is 5.69 Å². The lowest BCUT2D eigenvalue weighted by molar-refractivity contribution is 0.103. The highest BCUT2D eigenvalue weighted by atomic mass is 16.1. The van der Waals surface area contributed by atoms with Crippen molar-refractivity contribution in [3.8, 4) is 0 Å². The summed E-state index contributed by atoms with van der Waals surface area (Å²) < 4.78 is 1.77. The molecule has 0 N–H and O–H groups in total. The van der Waals surface area contributed by atoms with Crippen LogP contribution in [0.2, 0.25) is 0 Å². The van der Waals surface area contributed by atoms with Gasteiger partial charge < -0.3 is 9.47 Å². The largest absolute Gasteiger partial charge is 0.373 e. The number of rotatable bonds is 6. The van der Waals surface area contributed by atoms with Gasteiger partial charge in [-0.25, -0.2) is 0 Å². The summed E-state index contributed by atoms with van der Waals surface area (Å²) in [5.74, 6) is -0.0891. The molecule has 1 aromatic heterocycles. The van der Waals surface area contributed by atoms with E-state index < -0.39 is 0 Å². The summed E-state index contributed by atoms with van der Waals surface area (Å²) in [5, 5.41) is 0. The minimum Gasteiger partial charge on any atom is -0.373 e. The van der Waals surface area contributed by atoms with Gasteiger partial charge in [-0.05, 0) is 45.7 Å². The van der Waals surface area contributed by atoms with Crippen LogP contribution < -0.4 is 10.5 Å². The second kappa shape index (κ2) is 8.38. The minimum atomic E-state index is -0.122. The first-order chi connectivity index (χ1) is 12.7. The molecule has 1 heterocycles. The van der Waals surface area contributed by atoms with Crippen LogP contribution in [0.3, 0.4) is 0 Å². The van der Waals surface area contributed by atoms with Crippen molar-refractivity contribution in [3.63, 3.8) is 0 Å². The van der Waals surface area contributed by atoms with Crippen LogP contribution in [-0.4, -0.2) is 24.4 Å². The summed E-state index contributed by atoms with van der Waals surface area (Å²) in [5.41, 5.74) is 5.48. The van der Waals surface area contributed by atoms with E-state index in [0.717, 1.165) is 22.4 Å². The van der Waals surface area contributed by atoms with Gasteiger partial charge >= 0.3 is 0 Å². The summed E-state index contributed by atoms with van der Waals surface area (Å²) in [6.45, 7) is 10.5. The van der Waals surface area contributed by atoms with Gasteiger partial charge in [0.2, 0.25) is 0 Å². The Balaban J connectivity index is 2.82. The number of ketones is 1. The van der Waals surface area contributed by atoms with Gasteiger partial charge in [0.05, 0.1) is 5.56 Å². The molecule has 27 heavy (non-hydrogen) atoms. The average Bonchev–Trinajstić information content (AvgIpc) is 2.59. The fraction of sp³-hybridized carbons (Fsp3) is 0.391. The lowest BCUT2D eigenvalue weighted by Gasteiger charge is -2.23. The van der Waals surface area contributed by atoms with E-state index in [1.807, 2.05) is 79.1 Å². The quantitative estimate of drug-likeness (QED) is 0.566. The lowest BCUT2D eigenvalue weighted by atomic mass is 9.93. The van der Waals surface area contributed by atoms with E-state index in [2.05, 4.69) is 0 Å². The highest BCUT2D eigenvalue weighted by molar-refractivity contribution is 6.13. The summed E-state index contributed by atoms with van der Waals surface area (Å²) in [7, 11) is 3.65. The Morgan fingerprint density at radius 1 is 1.19 bits per heavy atom. The summed E-state index contributed by atoms with van der Waals surface area (Å²) in [6.07, 6.45) is 2.73. The molecule has 0 aliphatic heterocycles. The van der Waals surface area contributed by atoms with E-state index in [9.17, 15) is 9.59 Å². The topological polar surface area (TPSA) is 42.3 Å². The van der Waals surface area contributed by atoms with E-state index in [4.69, 9.17) is 0 Å². The van der Waals surface area contributed by atoms with E-state index in [1.165, 1.54) is 0 Å². The second-order valence-corrected chi connectivity index (χ2v) is 7.43. The van der Waals surface area contributed by atoms with Crippen molar-refractivity contribution < 1.29 is 4.79 Å². The molecule has 0 aliphatic rings. The van der Waals surface area contributed by atoms with Gasteiger partial charge in [-0.15, -0.1) is 0 Å². The third kappa shape index (κ3) is 4.21. The Labute approximate surface area is 162 Å². The highest BCUT2D eigenvalue weighted by Crippen LogP contribution is 2.26. The molecule has 0 radical (unpaired) electrons. The van der Waals surface area contributed by atoms with Gasteiger partial charge in [0.25, 0.3) is 5.56 Å². The van der Waals surface area contributed by atoms with Crippen molar-refractivity contribution >= 4 is 11.5 Å². The molecular formula is C23H30N2O2. The number of anilines is 1. The molecule has 2 rings (SSSR count). The number of allylic oxidation sites excluding steroid dienone is 2. The predicted octanol–water partition coefficient (Wildman–Crippen LogP) is 4.29. The summed E-state index contributed by atoms with van der Waals surface area (Å²) in [4.78, 5) is 28.4. The second-order valence-electron chi connectivity index (χ2n) is 7.43. The van der Waals surface area contributed by atoms with E-state index in [1.54, 1.807) is 9.47 Å². The zero-order valence-corrected chi connectivity index (χ0v) is 17.5. The number of hydrogen-bond donors (Lipinski definition) is 0. The van der Waals surface area contributed by atoms with Crippen LogP contribution in [0, 0.1) is 13.8 Å². The smallest absolute Gasteiger partial charge is 0.275 e. The van der Waals surface area contributed by atoms with Crippen molar-refractivity contribution in [1.82, 2.24) is 4.57 Å². The van der Waals surface area contributed by atoms with Crippen molar-refractivity contribution in [3.05, 3.63) is 74.2 Å². The fourth-order valence-electron chi connectivity index (χ4n) is 3.39. The molecule has 0 fully saturated rings. The number of nitrogens with zero attached hydrogens (tertiary/aromatic N) is 2. The average molecular weight is 367 g/mol. The fourth-order valence-corrected chi connectivity index (χ4v) is 3.39. The van der Waals surface area contributed by atoms with Gasteiger partial charge in [-0.2, -0.15) is 0 Å². The van der Waals surface area contributed by atoms with Crippen LogP contribution in [0.25, 0.3) is 0 Å². The van der Waals surface area contributed by atoms with Crippen LogP contribution >= 0.6 is 0 Å². The third-order valence-electron chi connectivity index (χ3n) is 4.82. The molecule has 0 atom stereocenters. The SMILES string of the molecule is CCc1c(C(=O)c2cccc(C)c2)c(N(C)C)c(=O)n(CC=C(C)C)c1C. The molecule has 0 bridgehead atoms. The minimum absolute atomic E-state index is 0.0891. The molecule has 0 unspecified atom stereocenters. The maximum Gasteiger partial charge on any atom is 0.275 e. The molecular weight excluding hydrogens is 336 g/mol. The number of aromatic nitrogens is 1. The zero-order valence-electron chi connectivity index (χ0n) is 17.5. The van der Waals surface area contributed by atoms with Gasteiger partial charge in [-0.1, -0.05) is 42.3 Å². The monoisotopic (exact) mass is 366 g/mol. The molecule has 4 heteroatoms. The number of carbonyl (C=O) groups excluding carboxylic acids is 1. The maximum absolute atomic E-state index is 13.4. The van der Waals surface area contributed by atoms with Crippen LogP contribution in [0.4, 0.5) is 5.69 Å². The van der Waals surface area contributed by atoms with Crippen molar-refractivity contribution in [2.75, 3.05) is 19.0 Å². The van der Waals surface area contributed by atoms with Crippen molar-refractivity contribution in [1.29, 1.82) is 0 Å². The van der Waals surface area contributed by atoms with Crippen LogP contribution in [0.15, 0.2) is 40.7 Å². The molecule has 2 aromatic rings. The Morgan fingerprint density at radius 3 is 2.37 bits per heavy atom. The number of aryl methyl sites for hydroxylation is 1. The van der Waals surface area contributed by atoms with Crippen molar-refractivity contribution in [2.45, 2.75) is 47.6 Å². The number of hydrogen-bond acceptors (Lipinski definition) is 3. The molecule has 0 saturated carbocycles. The van der Waals surface area contributed by atoms with Crippen LogP contribution in [-0.2, 0) is 13.0 Å². The van der Waals surface area contributed by atoms with E-state index in [0.29, 0.717) is 29.8 Å². The zero-order chi connectivity index (χ0) is 20.3. The summed E-state index contributed by atoms with van der Waals surface area (Å²) in [6, 6.07) is 7.54. The first kappa shape index (κ1) is 20.7. The summed E-state index contributed by atoms with van der Waals surface area (Å²) >= 11 is 0. The molecule has 0 spiro atoms. The van der Waals surface area contributed by atoms with Crippen molar-refractivity contribution in [2.24, 2.45) is 0 Å². The van der Waals surface area contributed by atoms with Gasteiger partial charge in [0, 0.05) is 31.9 Å². The first-order valence-electron chi connectivity index (χ1n) is 9.37. The number of benzene rings is 1. The maximum atomic E-state index is 13.4. The first-order valence-corrected chi connectivity index (χ1v) is 9.37. The van der Waals surface area contributed by atoms with Crippen LogP contribution in [0.5, 0.6) is 0 Å². The Hall–Kier alpha value is -2.62.